The minimum absolute atomic E-state index is 0.0531. The Morgan fingerprint density at radius 1 is 1.19 bits per heavy atom. The van der Waals surface area contributed by atoms with Gasteiger partial charge in [-0.15, -0.1) is 0 Å². The second-order valence-electron chi connectivity index (χ2n) is 8.52. The number of hydrogen-bond acceptors (Lipinski definition) is 6. The van der Waals surface area contributed by atoms with Crippen LogP contribution in [0.15, 0.2) is 42.9 Å². The summed E-state index contributed by atoms with van der Waals surface area (Å²) in [6, 6.07) is 11.1. The molecular formula is C24H28N6O. The van der Waals surface area contributed by atoms with Gasteiger partial charge in [-0.1, -0.05) is 12.1 Å². The number of pyridine rings is 1. The predicted octanol–water partition coefficient (Wildman–Crippen LogP) is 4.07. The van der Waals surface area contributed by atoms with E-state index in [1.807, 2.05) is 19.3 Å². The first-order valence-electron chi connectivity index (χ1n) is 10.9. The van der Waals surface area contributed by atoms with E-state index in [2.05, 4.69) is 49.1 Å². The molecule has 5 rings (SSSR count). The van der Waals surface area contributed by atoms with Crippen molar-refractivity contribution in [3.8, 4) is 0 Å². The van der Waals surface area contributed by atoms with Crippen LogP contribution in [-0.4, -0.2) is 31.7 Å². The van der Waals surface area contributed by atoms with Gasteiger partial charge in [-0.2, -0.15) is 0 Å². The van der Waals surface area contributed by atoms with Gasteiger partial charge in [-0.05, 0) is 61.8 Å². The van der Waals surface area contributed by atoms with E-state index in [-0.39, 0.29) is 6.61 Å². The second-order valence-corrected chi connectivity index (χ2v) is 8.52. The van der Waals surface area contributed by atoms with E-state index < -0.39 is 0 Å². The molecule has 3 heterocycles. The normalized spacial score (nSPS) is 18.8. The average molecular weight is 417 g/mol. The topological polar surface area (TPSA) is 102 Å². The van der Waals surface area contributed by atoms with Crippen molar-refractivity contribution in [2.24, 2.45) is 5.92 Å². The highest BCUT2D eigenvalue weighted by atomic mass is 16.3. The van der Waals surface area contributed by atoms with E-state index in [0.717, 1.165) is 53.6 Å². The van der Waals surface area contributed by atoms with Crippen molar-refractivity contribution in [2.75, 3.05) is 18.1 Å². The number of nitrogens with zero attached hydrogens (tertiary/aromatic N) is 4. The van der Waals surface area contributed by atoms with Crippen molar-refractivity contribution >= 4 is 33.6 Å². The summed E-state index contributed by atoms with van der Waals surface area (Å²) in [7, 11) is 1.90. The molecule has 1 aliphatic rings. The maximum Gasteiger partial charge on any atom is 0.146 e. The van der Waals surface area contributed by atoms with Gasteiger partial charge in [0.1, 0.15) is 23.6 Å². The van der Waals surface area contributed by atoms with Crippen LogP contribution >= 0.6 is 0 Å². The summed E-state index contributed by atoms with van der Waals surface area (Å²) in [4.78, 5) is 13.2. The number of rotatable bonds is 6. The summed E-state index contributed by atoms with van der Waals surface area (Å²) in [6.45, 7) is -0.0531. The van der Waals surface area contributed by atoms with Gasteiger partial charge in [0.2, 0.25) is 0 Å². The smallest absolute Gasteiger partial charge is 0.146 e. The van der Waals surface area contributed by atoms with Crippen molar-refractivity contribution in [3.05, 3.63) is 54.0 Å². The Kier molecular flexibility index (Phi) is 5.19. The van der Waals surface area contributed by atoms with Crippen LogP contribution in [0.2, 0.25) is 0 Å². The molecule has 4 aromatic rings. The molecule has 1 saturated carbocycles. The number of aliphatic hydroxyl groups excluding tert-OH is 1. The SMILES string of the molecule is CNc1ccc2ccc(CCC3CCC(n4cc(CO)c5c(N)ncnc54)C3)cc2n1. The van der Waals surface area contributed by atoms with Gasteiger partial charge >= 0.3 is 0 Å². The van der Waals surface area contributed by atoms with Gasteiger partial charge in [-0.3, -0.25) is 0 Å². The summed E-state index contributed by atoms with van der Waals surface area (Å²) >= 11 is 0. The lowest BCUT2D eigenvalue weighted by Crippen LogP contribution is -2.06. The van der Waals surface area contributed by atoms with Gasteiger partial charge in [-0.25, -0.2) is 15.0 Å². The largest absolute Gasteiger partial charge is 0.392 e. The summed E-state index contributed by atoms with van der Waals surface area (Å²) < 4.78 is 2.21. The Labute approximate surface area is 181 Å². The zero-order valence-electron chi connectivity index (χ0n) is 17.8. The predicted molar refractivity (Wildman–Crippen MR) is 124 cm³/mol. The molecule has 2 atom stereocenters. The number of nitrogens with two attached hydrogens (primary N) is 1. The van der Waals surface area contributed by atoms with Crippen molar-refractivity contribution in [1.82, 2.24) is 19.5 Å². The Bertz CT molecular complexity index is 1230. The van der Waals surface area contributed by atoms with Gasteiger partial charge < -0.3 is 20.7 Å². The summed E-state index contributed by atoms with van der Waals surface area (Å²) in [5.74, 6) is 2.01. The number of anilines is 2. The van der Waals surface area contributed by atoms with Crippen LogP contribution in [-0.2, 0) is 13.0 Å². The van der Waals surface area contributed by atoms with Gasteiger partial charge in [0, 0.05) is 30.2 Å². The maximum absolute atomic E-state index is 9.75. The number of aryl methyl sites for hydroxylation is 1. The zero-order chi connectivity index (χ0) is 21.4. The molecule has 0 bridgehead atoms. The first kappa shape index (κ1) is 19.8. The molecule has 160 valence electrons. The van der Waals surface area contributed by atoms with E-state index in [4.69, 9.17) is 5.73 Å². The Hall–Kier alpha value is -3.19. The fourth-order valence-electron chi connectivity index (χ4n) is 4.98. The Morgan fingerprint density at radius 2 is 2.06 bits per heavy atom. The van der Waals surface area contributed by atoms with Crippen LogP contribution in [0.1, 0.15) is 42.9 Å². The summed E-state index contributed by atoms with van der Waals surface area (Å²) in [5, 5.41) is 14.8. The lowest BCUT2D eigenvalue weighted by atomic mass is 9.97. The van der Waals surface area contributed by atoms with E-state index >= 15 is 0 Å². The number of benzene rings is 1. The Balaban J connectivity index is 1.29. The Morgan fingerprint density at radius 3 is 2.90 bits per heavy atom. The highest BCUT2D eigenvalue weighted by molar-refractivity contribution is 5.89. The molecule has 4 N–H and O–H groups in total. The van der Waals surface area contributed by atoms with Crippen LogP contribution < -0.4 is 11.1 Å². The fourth-order valence-corrected chi connectivity index (χ4v) is 4.98. The molecular weight excluding hydrogens is 388 g/mol. The number of hydrogen-bond donors (Lipinski definition) is 3. The number of aliphatic hydroxyl groups is 1. The van der Waals surface area contributed by atoms with E-state index in [9.17, 15) is 5.11 Å². The number of nitrogen functional groups attached to an aromatic ring is 1. The molecule has 0 spiro atoms. The third kappa shape index (κ3) is 3.70. The lowest BCUT2D eigenvalue weighted by Gasteiger charge is -2.14. The van der Waals surface area contributed by atoms with Crippen molar-refractivity contribution in [3.63, 3.8) is 0 Å². The minimum atomic E-state index is -0.0531. The molecule has 1 aromatic carbocycles. The molecule has 3 aromatic heterocycles. The standard InChI is InChI=1S/C24H28N6O/c1-26-21-9-7-17-6-4-16(11-20(17)29-21)3-2-15-5-8-19(10-15)30-12-18(13-31)22-23(25)27-14-28-24(22)30/h4,6-7,9,11-12,14-15,19,31H,2-3,5,8,10,13H2,1H3,(H,26,29)(H2,25,27,28). The van der Waals surface area contributed by atoms with Crippen molar-refractivity contribution in [2.45, 2.75) is 44.8 Å². The van der Waals surface area contributed by atoms with Crippen LogP contribution in [0.3, 0.4) is 0 Å². The lowest BCUT2D eigenvalue weighted by molar-refractivity contribution is 0.282. The second kappa shape index (κ2) is 8.15. The van der Waals surface area contributed by atoms with Gasteiger partial charge in [0.05, 0.1) is 17.5 Å². The molecule has 0 saturated heterocycles. The number of nitrogens with one attached hydrogen (secondary N) is 1. The average Bonchev–Trinajstić information content (AvgIpc) is 3.42. The summed E-state index contributed by atoms with van der Waals surface area (Å²) in [6.07, 6.45) is 9.18. The molecule has 1 aliphatic carbocycles. The molecule has 0 radical (unpaired) electrons. The van der Waals surface area contributed by atoms with E-state index in [0.29, 0.717) is 17.8 Å². The first-order chi connectivity index (χ1) is 15.2. The zero-order valence-corrected chi connectivity index (χ0v) is 17.8. The molecule has 0 aliphatic heterocycles. The molecule has 2 unspecified atom stereocenters. The molecule has 31 heavy (non-hydrogen) atoms. The highest BCUT2D eigenvalue weighted by Crippen LogP contribution is 2.40. The molecule has 1 fully saturated rings. The first-order valence-corrected chi connectivity index (χ1v) is 10.9. The fraction of sp³-hybridized carbons (Fsp3) is 0.375. The van der Waals surface area contributed by atoms with Gasteiger partial charge in [0.25, 0.3) is 0 Å². The van der Waals surface area contributed by atoms with Crippen LogP contribution in [0.25, 0.3) is 21.9 Å². The van der Waals surface area contributed by atoms with Crippen molar-refractivity contribution in [1.29, 1.82) is 0 Å². The van der Waals surface area contributed by atoms with Crippen LogP contribution in [0.5, 0.6) is 0 Å². The van der Waals surface area contributed by atoms with Crippen LogP contribution in [0.4, 0.5) is 11.6 Å². The highest BCUT2D eigenvalue weighted by Gasteiger charge is 2.28. The maximum atomic E-state index is 9.75. The minimum Gasteiger partial charge on any atom is -0.392 e. The third-order valence-corrected chi connectivity index (χ3v) is 6.65. The third-order valence-electron chi connectivity index (χ3n) is 6.65. The molecule has 7 heteroatoms. The van der Waals surface area contributed by atoms with Gasteiger partial charge in [0.15, 0.2) is 0 Å². The van der Waals surface area contributed by atoms with E-state index in [1.165, 1.54) is 23.7 Å². The quantitative estimate of drug-likeness (QED) is 0.438. The number of fused-ring (bicyclic) bond motifs is 2. The monoisotopic (exact) mass is 416 g/mol. The van der Waals surface area contributed by atoms with E-state index in [1.54, 1.807) is 0 Å². The molecule has 0 amide bonds. The number of aromatic nitrogens is 4. The van der Waals surface area contributed by atoms with Crippen molar-refractivity contribution < 1.29 is 5.11 Å². The van der Waals surface area contributed by atoms with Crippen LogP contribution in [0, 0.1) is 5.92 Å². The molecule has 7 nitrogen and oxygen atoms in total. The summed E-state index contributed by atoms with van der Waals surface area (Å²) in [5.41, 5.74) is 10.1.